The van der Waals surface area contributed by atoms with Gasteiger partial charge in [0, 0.05) is 38.6 Å². The van der Waals surface area contributed by atoms with Gasteiger partial charge in [0.25, 0.3) is 0 Å². The summed E-state index contributed by atoms with van der Waals surface area (Å²) >= 11 is 5.65. The summed E-state index contributed by atoms with van der Waals surface area (Å²) in [7, 11) is 0. The first-order chi connectivity index (χ1) is 5.36. The number of likely N-dealkylation sites (N-methyl/N-ethyl adjacent to an activating group) is 1. The third-order valence-electron chi connectivity index (χ3n) is 2.31. The van der Waals surface area contributed by atoms with Crippen molar-refractivity contribution in [2.24, 2.45) is 0 Å². The molecule has 0 saturated carbocycles. The van der Waals surface area contributed by atoms with Gasteiger partial charge in [0.1, 0.15) is 0 Å². The molecule has 1 aliphatic rings. The Morgan fingerprint density at radius 3 is 2.00 bits per heavy atom. The lowest BCUT2D eigenvalue weighted by Gasteiger charge is -2.33. The Bertz CT molecular complexity index is 103. The van der Waals surface area contributed by atoms with Crippen molar-refractivity contribution < 1.29 is 0 Å². The molecule has 0 bridgehead atoms. The van der Waals surface area contributed by atoms with Crippen LogP contribution in [0.4, 0.5) is 0 Å². The van der Waals surface area contributed by atoms with Gasteiger partial charge in [-0.1, -0.05) is 6.92 Å². The Balaban J connectivity index is 0.00000121. The predicted octanol–water partition coefficient (Wildman–Crippen LogP) is 1.28. The minimum Gasteiger partial charge on any atom is -0.301 e. The molecule has 1 rings (SSSR count). The minimum atomic E-state index is 0. The fraction of sp³-hybridized carbons (Fsp3) is 1.00. The van der Waals surface area contributed by atoms with E-state index in [0.717, 1.165) is 12.4 Å². The summed E-state index contributed by atoms with van der Waals surface area (Å²) in [6, 6.07) is 0. The van der Waals surface area contributed by atoms with Crippen molar-refractivity contribution in [2.75, 3.05) is 45.1 Å². The van der Waals surface area contributed by atoms with Crippen molar-refractivity contribution in [1.82, 2.24) is 9.80 Å². The van der Waals surface area contributed by atoms with Gasteiger partial charge in [0.15, 0.2) is 0 Å². The molecular weight excluding hydrogens is 195 g/mol. The number of hydrogen-bond acceptors (Lipinski definition) is 2. The van der Waals surface area contributed by atoms with E-state index in [1.54, 1.807) is 0 Å². The predicted molar refractivity (Wildman–Crippen MR) is 56.5 cm³/mol. The van der Waals surface area contributed by atoms with Crippen LogP contribution in [-0.4, -0.2) is 54.9 Å². The zero-order valence-electron chi connectivity index (χ0n) is 7.63. The summed E-state index contributed by atoms with van der Waals surface area (Å²) in [5, 5.41) is 0. The standard InChI is InChI=1S/C8H17ClN2.ClH/c1-2-10-5-7-11(4-3-9)8-6-10;/h2-8H2,1H3;1H. The average molecular weight is 213 g/mol. The lowest BCUT2D eigenvalue weighted by molar-refractivity contribution is 0.143. The second-order valence-electron chi connectivity index (χ2n) is 2.96. The summed E-state index contributed by atoms with van der Waals surface area (Å²) in [6.45, 7) is 9.28. The van der Waals surface area contributed by atoms with Crippen LogP contribution >= 0.6 is 24.0 Å². The summed E-state index contributed by atoms with van der Waals surface area (Å²) in [5.41, 5.74) is 0. The SMILES string of the molecule is CCN1CCN(CCCl)CC1.Cl. The third-order valence-corrected chi connectivity index (χ3v) is 2.48. The number of rotatable bonds is 3. The van der Waals surface area contributed by atoms with E-state index in [9.17, 15) is 0 Å². The number of nitrogens with zero attached hydrogens (tertiary/aromatic N) is 2. The minimum absolute atomic E-state index is 0. The number of piperazine rings is 1. The zero-order valence-corrected chi connectivity index (χ0v) is 9.20. The van der Waals surface area contributed by atoms with Gasteiger partial charge < -0.3 is 4.90 Å². The van der Waals surface area contributed by atoms with Crippen molar-refractivity contribution >= 4 is 24.0 Å². The van der Waals surface area contributed by atoms with E-state index in [0.29, 0.717) is 0 Å². The van der Waals surface area contributed by atoms with Crippen LogP contribution in [0, 0.1) is 0 Å². The third kappa shape index (κ3) is 3.94. The van der Waals surface area contributed by atoms with Gasteiger partial charge in [0.05, 0.1) is 0 Å². The van der Waals surface area contributed by atoms with Crippen LogP contribution in [0.2, 0.25) is 0 Å². The molecule has 0 amide bonds. The van der Waals surface area contributed by atoms with E-state index < -0.39 is 0 Å². The summed E-state index contributed by atoms with van der Waals surface area (Å²) in [5.74, 6) is 0.770. The fourth-order valence-electron chi connectivity index (χ4n) is 1.45. The molecule has 1 saturated heterocycles. The van der Waals surface area contributed by atoms with Crippen molar-refractivity contribution in [3.05, 3.63) is 0 Å². The second kappa shape index (κ2) is 6.96. The molecule has 0 atom stereocenters. The Kier molecular flexibility index (Phi) is 7.25. The van der Waals surface area contributed by atoms with Crippen LogP contribution in [0.15, 0.2) is 0 Å². The van der Waals surface area contributed by atoms with Crippen LogP contribution in [0.3, 0.4) is 0 Å². The molecule has 0 N–H and O–H groups in total. The molecule has 0 radical (unpaired) electrons. The van der Waals surface area contributed by atoms with Gasteiger partial charge in [-0.2, -0.15) is 0 Å². The maximum atomic E-state index is 5.65. The Labute approximate surface area is 86.3 Å². The van der Waals surface area contributed by atoms with Crippen LogP contribution in [0.5, 0.6) is 0 Å². The molecule has 0 spiro atoms. The first-order valence-corrected chi connectivity index (χ1v) is 4.91. The molecule has 4 heteroatoms. The Morgan fingerprint density at radius 1 is 1.08 bits per heavy atom. The van der Waals surface area contributed by atoms with Gasteiger partial charge in [0.2, 0.25) is 0 Å². The summed E-state index contributed by atoms with van der Waals surface area (Å²) in [6.07, 6.45) is 0. The van der Waals surface area contributed by atoms with Crippen LogP contribution in [0.1, 0.15) is 6.92 Å². The Hall–Kier alpha value is 0.500. The summed E-state index contributed by atoms with van der Waals surface area (Å²) < 4.78 is 0. The number of hydrogen-bond donors (Lipinski definition) is 0. The zero-order chi connectivity index (χ0) is 8.10. The Morgan fingerprint density at radius 2 is 1.58 bits per heavy atom. The van der Waals surface area contributed by atoms with Gasteiger partial charge in [-0.15, -0.1) is 24.0 Å². The molecule has 0 aliphatic carbocycles. The van der Waals surface area contributed by atoms with Gasteiger partial charge in [-0.3, -0.25) is 4.90 Å². The van der Waals surface area contributed by atoms with Crippen molar-refractivity contribution in [1.29, 1.82) is 0 Å². The van der Waals surface area contributed by atoms with Crippen LogP contribution in [0.25, 0.3) is 0 Å². The van der Waals surface area contributed by atoms with Gasteiger partial charge in [-0.25, -0.2) is 0 Å². The van der Waals surface area contributed by atoms with E-state index in [1.807, 2.05) is 0 Å². The van der Waals surface area contributed by atoms with E-state index in [2.05, 4.69) is 16.7 Å². The molecule has 74 valence electrons. The van der Waals surface area contributed by atoms with Crippen LogP contribution in [-0.2, 0) is 0 Å². The molecule has 0 aromatic carbocycles. The average Bonchev–Trinajstić information content (AvgIpc) is 2.07. The highest BCUT2D eigenvalue weighted by Gasteiger charge is 2.13. The maximum absolute atomic E-state index is 5.65. The van der Waals surface area contributed by atoms with E-state index >= 15 is 0 Å². The quantitative estimate of drug-likeness (QED) is 0.652. The van der Waals surface area contributed by atoms with E-state index in [1.165, 1.54) is 32.7 Å². The molecule has 1 fully saturated rings. The first kappa shape index (κ1) is 12.5. The molecule has 2 nitrogen and oxygen atoms in total. The topological polar surface area (TPSA) is 6.48 Å². The number of halogens is 2. The van der Waals surface area contributed by atoms with E-state index in [4.69, 9.17) is 11.6 Å². The first-order valence-electron chi connectivity index (χ1n) is 4.37. The number of alkyl halides is 1. The lowest BCUT2D eigenvalue weighted by Crippen LogP contribution is -2.46. The second-order valence-corrected chi connectivity index (χ2v) is 3.34. The normalized spacial score (nSPS) is 20.5. The molecule has 1 aliphatic heterocycles. The van der Waals surface area contributed by atoms with Crippen LogP contribution < -0.4 is 0 Å². The van der Waals surface area contributed by atoms with E-state index in [-0.39, 0.29) is 12.4 Å². The highest BCUT2D eigenvalue weighted by Crippen LogP contribution is 2.00. The largest absolute Gasteiger partial charge is 0.301 e. The maximum Gasteiger partial charge on any atom is 0.0351 e. The molecular formula is C8H18Cl2N2. The monoisotopic (exact) mass is 212 g/mol. The molecule has 0 aromatic heterocycles. The van der Waals surface area contributed by atoms with Crippen molar-refractivity contribution in [3.8, 4) is 0 Å². The summed E-state index contributed by atoms with van der Waals surface area (Å²) in [4.78, 5) is 4.91. The van der Waals surface area contributed by atoms with Gasteiger partial charge >= 0.3 is 0 Å². The smallest absolute Gasteiger partial charge is 0.0351 e. The lowest BCUT2D eigenvalue weighted by atomic mass is 10.3. The van der Waals surface area contributed by atoms with Crippen molar-refractivity contribution in [3.63, 3.8) is 0 Å². The highest BCUT2D eigenvalue weighted by molar-refractivity contribution is 6.18. The molecule has 0 aromatic rings. The highest BCUT2D eigenvalue weighted by atomic mass is 35.5. The van der Waals surface area contributed by atoms with Gasteiger partial charge in [-0.05, 0) is 6.54 Å². The molecule has 12 heavy (non-hydrogen) atoms. The fourth-order valence-corrected chi connectivity index (χ4v) is 1.69. The molecule has 1 heterocycles. The molecule has 0 unspecified atom stereocenters. The van der Waals surface area contributed by atoms with Crippen molar-refractivity contribution in [2.45, 2.75) is 6.92 Å².